The van der Waals surface area contributed by atoms with Crippen LogP contribution in [0, 0.1) is 5.92 Å². The second kappa shape index (κ2) is 10.7. The highest BCUT2D eigenvalue weighted by atomic mass is 16.5. The number of hydrogen-bond acceptors (Lipinski definition) is 7. The molecule has 3 N–H and O–H groups in total. The van der Waals surface area contributed by atoms with Crippen molar-refractivity contribution in [2.75, 3.05) is 51.1 Å². The number of methoxy groups -OCH3 is 1. The SMILES string of the molecule is COc1ccc(CNc2ccnc(N3CCC(C(CN(C)C(=O)O)N(C)C(=O)O)C3)n2)cc1. The summed E-state index contributed by atoms with van der Waals surface area (Å²) >= 11 is 0. The molecule has 178 valence electrons. The summed E-state index contributed by atoms with van der Waals surface area (Å²) in [6.07, 6.45) is 0.221. The fourth-order valence-electron chi connectivity index (χ4n) is 3.91. The van der Waals surface area contributed by atoms with Crippen LogP contribution in [0.15, 0.2) is 36.5 Å². The minimum atomic E-state index is -1.09. The van der Waals surface area contributed by atoms with Gasteiger partial charge in [-0.1, -0.05) is 12.1 Å². The van der Waals surface area contributed by atoms with Crippen molar-refractivity contribution in [2.45, 2.75) is 19.0 Å². The molecular formula is C22H30N6O5. The highest BCUT2D eigenvalue weighted by Crippen LogP contribution is 2.27. The molecule has 1 saturated heterocycles. The molecule has 33 heavy (non-hydrogen) atoms. The van der Waals surface area contributed by atoms with E-state index >= 15 is 0 Å². The largest absolute Gasteiger partial charge is 0.497 e. The second-order valence-electron chi connectivity index (χ2n) is 8.06. The summed E-state index contributed by atoms with van der Waals surface area (Å²) in [6.45, 7) is 1.89. The smallest absolute Gasteiger partial charge is 0.407 e. The molecule has 2 amide bonds. The summed E-state index contributed by atoms with van der Waals surface area (Å²) in [6, 6.07) is 9.09. The van der Waals surface area contributed by atoms with Gasteiger partial charge in [0.15, 0.2) is 0 Å². The van der Waals surface area contributed by atoms with Crippen molar-refractivity contribution in [3.8, 4) is 5.75 Å². The number of likely N-dealkylation sites (N-methyl/N-ethyl adjacent to an activating group) is 2. The number of hydrogen-bond donors (Lipinski definition) is 3. The minimum absolute atomic E-state index is 0.0487. The first kappa shape index (κ1) is 23.9. The van der Waals surface area contributed by atoms with Crippen LogP contribution in [0.4, 0.5) is 21.4 Å². The van der Waals surface area contributed by atoms with Crippen LogP contribution < -0.4 is 15.0 Å². The van der Waals surface area contributed by atoms with Crippen LogP contribution in [-0.4, -0.2) is 89.0 Å². The molecule has 1 aromatic heterocycles. The van der Waals surface area contributed by atoms with E-state index in [1.807, 2.05) is 29.2 Å². The summed E-state index contributed by atoms with van der Waals surface area (Å²) in [5.41, 5.74) is 1.08. The molecule has 1 fully saturated rings. The van der Waals surface area contributed by atoms with Crippen LogP contribution >= 0.6 is 0 Å². The molecule has 0 spiro atoms. The molecule has 0 radical (unpaired) electrons. The lowest BCUT2D eigenvalue weighted by molar-refractivity contribution is 0.0993. The lowest BCUT2D eigenvalue weighted by Crippen LogP contribution is -2.49. The Balaban J connectivity index is 1.65. The van der Waals surface area contributed by atoms with Gasteiger partial charge in [0.05, 0.1) is 13.2 Å². The van der Waals surface area contributed by atoms with Crippen molar-refractivity contribution in [1.29, 1.82) is 0 Å². The van der Waals surface area contributed by atoms with Crippen LogP contribution in [0.3, 0.4) is 0 Å². The van der Waals surface area contributed by atoms with Crippen molar-refractivity contribution in [3.63, 3.8) is 0 Å². The maximum Gasteiger partial charge on any atom is 0.407 e. The molecule has 0 aliphatic carbocycles. The molecule has 11 heteroatoms. The number of nitrogens with zero attached hydrogens (tertiary/aromatic N) is 5. The van der Waals surface area contributed by atoms with Gasteiger partial charge in [0, 0.05) is 52.4 Å². The zero-order chi connectivity index (χ0) is 24.0. The lowest BCUT2D eigenvalue weighted by atomic mass is 9.97. The number of rotatable bonds is 9. The van der Waals surface area contributed by atoms with Crippen LogP contribution in [0.1, 0.15) is 12.0 Å². The first-order chi connectivity index (χ1) is 15.8. The first-order valence-electron chi connectivity index (χ1n) is 10.6. The molecule has 11 nitrogen and oxygen atoms in total. The second-order valence-corrected chi connectivity index (χ2v) is 8.06. The number of anilines is 2. The van der Waals surface area contributed by atoms with E-state index in [0.717, 1.165) is 16.2 Å². The number of benzene rings is 1. The van der Waals surface area contributed by atoms with Crippen LogP contribution in [-0.2, 0) is 6.54 Å². The third-order valence-corrected chi connectivity index (χ3v) is 5.91. The molecule has 1 aliphatic heterocycles. The van der Waals surface area contributed by atoms with Crippen LogP contribution in [0.5, 0.6) is 5.75 Å². The molecule has 0 saturated carbocycles. The van der Waals surface area contributed by atoms with Gasteiger partial charge in [-0.3, -0.25) is 0 Å². The summed E-state index contributed by atoms with van der Waals surface area (Å²) < 4.78 is 5.18. The highest BCUT2D eigenvalue weighted by Gasteiger charge is 2.36. The number of ether oxygens (including phenoxy) is 1. The van der Waals surface area contributed by atoms with E-state index in [-0.39, 0.29) is 12.5 Å². The predicted molar refractivity (Wildman–Crippen MR) is 123 cm³/mol. The Bertz CT molecular complexity index is 957. The van der Waals surface area contributed by atoms with E-state index in [4.69, 9.17) is 4.74 Å². The van der Waals surface area contributed by atoms with Gasteiger partial charge in [0.2, 0.25) is 5.95 Å². The van der Waals surface area contributed by atoms with Crippen molar-refractivity contribution >= 4 is 24.0 Å². The molecule has 2 heterocycles. The molecule has 2 atom stereocenters. The standard InChI is InChI=1S/C22H30N6O5/c1-26(21(29)30)14-18(27(2)22(31)32)16-9-11-28(13-16)20-23-10-8-19(25-20)24-12-15-4-6-17(33-3)7-5-15/h4-8,10,16,18H,9,11-14H2,1-3H3,(H,29,30)(H,31,32)(H,23,24,25). The quantitative estimate of drug-likeness (QED) is 0.518. The normalized spacial score (nSPS) is 16.2. The Morgan fingerprint density at radius 2 is 1.94 bits per heavy atom. The average molecular weight is 459 g/mol. The molecule has 1 aliphatic rings. The van der Waals surface area contributed by atoms with Crippen LogP contribution in [0.25, 0.3) is 0 Å². The predicted octanol–water partition coefficient (Wildman–Crippen LogP) is 2.51. The topological polar surface area (TPSA) is 131 Å². The molecule has 2 unspecified atom stereocenters. The number of amides is 2. The fraction of sp³-hybridized carbons (Fsp3) is 0.455. The van der Waals surface area contributed by atoms with Gasteiger partial charge < -0.3 is 35.0 Å². The number of aromatic nitrogens is 2. The van der Waals surface area contributed by atoms with E-state index in [1.165, 1.54) is 19.0 Å². The fourth-order valence-corrected chi connectivity index (χ4v) is 3.91. The minimum Gasteiger partial charge on any atom is -0.497 e. The molecular weight excluding hydrogens is 428 g/mol. The Hall–Kier alpha value is -3.76. The van der Waals surface area contributed by atoms with Gasteiger partial charge in [0.1, 0.15) is 11.6 Å². The van der Waals surface area contributed by atoms with Gasteiger partial charge in [-0.05, 0) is 30.2 Å². The first-order valence-corrected chi connectivity index (χ1v) is 10.6. The Kier molecular flexibility index (Phi) is 7.75. The Morgan fingerprint density at radius 1 is 1.21 bits per heavy atom. The zero-order valence-corrected chi connectivity index (χ0v) is 19.0. The Labute approximate surface area is 192 Å². The third kappa shape index (κ3) is 6.15. The van der Waals surface area contributed by atoms with E-state index in [9.17, 15) is 19.8 Å². The van der Waals surface area contributed by atoms with E-state index in [0.29, 0.717) is 37.8 Å². The van der Waals surface area contributed by atoms with E-state index in [2.05, 4.69) is 15.3 Å². The van der Waals surface area contributed by atoms with Crippen molar-refractivity contribution in [2.24, 2.45) is 5.92 Å². The maximum atomic E-state index is 11.6. The summed E-state index contributed by atoms with van der Waals surface area (Å²) in [5.74, 6) is 1.99. The summed E-state index contributed by atoms with van der Waals surface area (Å²) in [7, 11) is 4.55. The van der Waals surface area contributed by atoms with Crippen molar-refractivity contribution in [3.05, 3.63) is 42.1 Å². The summed E-state index contributed by atoms with van der Waals surface area (Å²) in [5, 5.41) is 22.0. The molecule has 0 bridgehead atoms. The average Bonchev–Trinajstić information content (AvgIpc) is 3.31. The van der Waals surface area contributed by atoms with Gasteiger partial charge >= 0.3 is 12.2 Å². The molecule has 2 aromatic rings. The van der Waals surface area contributed by atoms with Gasteiger partial charge in [0.25, 0.3) is 0 Å². The maximum absolute atomic E-state index is 11.6. The summed E-state index contributed by atoms with van der Waals surface area (Å²) in [4.78, 5) is 36.2. The number of carbonyl (C=O) groups is 2. The Morgan fingerprint density at radius 3 is 2.58 bits per heavy atom. The van der Waals surface area contributed by atoms with Gasteiger partial charge in [-0.25, -0.2) is 14.6 Å². The zero-order valence-electron chi connectivity index (χ0n) is 19.0. The molecule has 1 aromatic carbocycles. The van der Waals surface area contributed by atoms with Crippen LogP contribution in [0.2, 0.25) is 0 Å². The highest BCUT2D eigenvalue weighted by molar-refractivity contribution is 5.66. The lowest BCUT2D eigenvalue weighted by Gasteiger charge is -2.33. The van der Waals surface area contributed by atoms with Crippen molar-refractivity contribution < 1.29 is 24.5 Å². The van der Waals surface area contributed by atoms with E-state index in [1.54, 1.807) is 19.4 Å². The monoisotopic (exact) mass is 458 g/mol. The van der Waals surface area contributed by atoms with Gasteiger partial charge in [-0.15, -0.1) is 0 Å². The van der Waals surface area contributed by atoms with E-state index < -0.39 is 18.2 Å². The third-order valence-electron chi connectivity index (χ3n) is 5.91. The molecule has 3 rings (SSSR count). The van der Waals surface area contributed by atoms with Crippen molar-refractivity contribution in [1.82, 2.24) is 19.8 Å². The van der Waals surface area contributed by atoms with Gasteiger partial charge in [-0.2, -0.15) is 4.98 Å². The number of carboxylic acid groups (broad SMARTS) is 2. The number of nitrogens with one attached hydrogen (secondary N) is 1.